The molecule has 1 aliphatic rings. The summed E-state index contributed by atoms with van der Waals surface area (Å²) in [6.45, 7) is 4.11. The van der Waals surface area contributed by atoms with Crippen LogP contribution in [0.3, 0.4) is 0 Å². The second kappa shape index (κ2) is 5.12. The van der Waals surface area contributed by atoms with Crippen molar-refractivity contribution in [3.05, 3.63) is 35.9 Å². The molecule has 0 N–H and O–H groups in total. The Kier molecular flexibility index (Phi) is 3.73. The highest BCUT2D eigenvalue weighted by molar-refractivity contribution is 8.16. The molecule has 4 nitrogen and oxygen atoms in total. The Balaban J connectivity index is 2.07. The van der Waals surface area contributed by atoms with Gasteiger partial charge in [0.25, 0.3) is 5.91 Å². The van der Waals surface area contributed by atoms with Gasteiger partial charge in [0.1, 0.15) is 6.61 Å². The molecule has 0 atom stereocenters. The van der Waals surface area contributed by atoms with E-state index in [4.69, 9.17) is 4.84 Å². The fourth-order valence-corrected chi connectivity index (χ4v) is 2.54. The molecule has 1 heterocycles. The van der Waals surface area contributed by atoms with Gasteiger partial charge in [0.05, 0.1) is 4.75 Å². The summed E-state index contributed by atoms with van der Waals surface area (Å²) in [6.07, 6.45) is 0. The monoisotopic (exact) mass is 264 g/mol. The van der Waals surface area contributed by atoms with Crippen LogP contribution in [0.2, 0.25) is 0 Å². The van der Waals surface area contributed by atoms with E-state index in [2.05, 4.69) is 4.99 Å². The van der Waals surface area contributed by atoms with Gasteiger partial charge in [-0.3, -0.25) is 14.6 Å². The Morgan fingerprint density at radius 3 is 2.61 bits per heavy atom. The molecule has 1 aromatic rings. The predicted octanol–water partition coefficient (Wildman–Crippen LogP) is 2.46. The first-order chi connectivity index (χ1) is 8.54. The van der Waals surface area contributed by atoms with E-state index in [0.29, 0.717) is 11.8 Å². The number of thioether (sulfide) groups is 1. The van der Waals surface area contributed by atoms with Gasteiger partial charge in [-0.2, -0.15) is 5.06 Å². The third kappa shape index (κ3) is 2.57. The zero-order chi connectivity index (χ0) is 13.2. The van der Waals surface area contributed by atoms with Crippen LogP contribution in [-0.4, -0.2) is 27.9 Å². The highest BCUT2D eigenvalue weighted by Gasteiger charge is 2.45. The summed E-state index contributed by atoms with van der Waals surface area (Å²) < 4.78 is -0.508. The largest absolute Gasteiger partial charge is 0.270 e. The molecule has 0 radical (unpaired) electrons. The van der Waals surface area contributed by atoms with Crippen LogP contribution < -0.4 is 0 Å². The molecule has 0 spiro atoms. The molecule has 1 aliphatic heterocycles. The van der Waals surface area contributed by atoms with E-state index in [1.54, 1.807) is 7.05 Å². The minimum absolute atomic E-state index is 0.0657. The van der Waals surface area contributed by atoms with Crippen molar-refractivity contribution < 1.29 is 9.63 Å². The molecular formula is C13H16N2O2S. The number of benzene rings is 1. The second-order valence-corrected chi connectivity index (χ2v) is 6.07. The number of rotatable bonds is 3. The van der Waals surface area contributed by atoms with Crippen LogP contribution >= 0.6 is 11.8 Å². The second-order valence-electron chi connectivity index (χ2n) is 4.48. The van der Waals surface area contributed by atoms with E-state index in [1.165, 1.54) is 16.8 Å². The van der Waals surface area contributed by atoms with Gasteiger partial charge in [-0.1, -0.05) is 42.1 Å². The smallest absolute Gasteiger partial charge is 0.268 e. The third-order valence-corrected chi connectivity index (χ3v) is 3.83. The first-order valence-corrected chi connectivity index (χ1v) is 6.53. The van der Waals surface area contributed by atoms with Crippen LogP contribution in [0.15, 0.2) is 35.3 Å². The Hall–Kier alpha value is -1.33. The average molecular weight is 264 g/mol. The van der Waals surface area contributed by atoms with Gasteiger partial charge in [-0.05, 0) is 19.4 Å². The van der Waals surface area contributed by atoms with Crippen LogP contribution in [0, 0.1) is 0 Å². The van der Waals surface area contributed by atoms with Gasteiger partial charge < -0.3 is 0 Å². The highest BCUT2D eigenvalue weighted by Crippen LogP contribution is 2.37. The van der Waals surface area contributed by atoms with Gasteiger partial charge in [0, 0.05) is 7.05 Å². The van der Waals surface area contributed by atoms with E-state index in [9.17, 15) is 4.79 Å². The Labute approximate surface area is 111 Å². The fraction of sp³-hybridized carbons (Fsp3) is 0.385. The summed E-state index contributed by atoms with van der Waals surface area (Å²) in [5.41, 5.74) is 1.02. The lowest BCUT2D eigenvalue weighted by Crippen LogP contribution is -2.35. The normalized spacial score (nSPS) is 20.7. The molecule has 0 aliphatic carbocycles. The number of hydrogen-bond acceptors (Lipinski definition) is 4. The minimum Gasteiger partial charge on any atom is -0.270 e. The number of carbonyl (C=O) groups is 1. The van der Waals surface area contributed by atoms with Crippen molar-refractivity contribution in [2.24, 2.45) is 4.99 Å². The van der Waals surface area contributed by atoms with Gasteiger partial charge in [0.2, 0.25) is 0 Å². The van der Waals surface area contributed by atoms with Crippen molar-refractivity contribution in [3.63, 3.8) is 0 Å². The molecule has 1 aromatic carbocycles. The summed E-state index contributed by atoms with van der Waals surface area (Å²) in [4.78, 5) is 21.8. The topological polar surface area (TPSA) is 41.9 Å². The molecule has 5 heteroatoms. The van der Waals surface area contributed by atoms with Crippen LogP contribution in [0.5, 0.6) is 0 Å². The third-order valence-electron chi connectivity index (χ3n) is 2.61. The number of amidine groups is 1. The molecule has 0 aromatic heterocycles. The number of nitrogens with zero attached hydrogens (tertiary/aromatic N) is 2. The van der Waals surface area contributed by atoms with Crippen molar-refractivity contribution in [2.75, 3.05) is 7.05 Å². The summed E-state index contributed by atoms with van der Waals surface area (Å²) >= 11 is 1.42. The molecule has 1 amide bonds. The maximum atomic E-state index is 12.1. The van der Waals surface area contributed by atoms with E-state index in [-0.39, 0.29) is 5.91 Å². The van der Waals surface area contributed by atoms with Crippen LogP contribution in [0.4, 0.5) is 0 Å². The van der Waals surface area contributed by atoms with Crippen LogP contribution in [0.1, 0.15) is 19.4 Å². The van der Waals surface area contributed by atoms with Crippen LogP contribution in [-0.2, 0) is 16.2 Å². The van der Waals surface area contributed by atoms with Gasteiger partial charge in [-0.25, -0.2) is 0 Å². The number of hydroxylamine groups is 2. The molecule has 2 rings (SSSR count). The van der Waals surface area contributed by atoms with E-state index >= 15 is 0 Å². The molecule has 0 bridgehead atoms. The van der Waals surface area contributed by atoms with Crippen molar-refractivity contribution in [1.29, 1.82) is 0 Å². The Bertz CT molecular complexity index is 471. The number of hydrogen-bond donors (Lipinski definition) is 0. The van der Waals surface area contributed by atoms with Crippen LogP contribution in [0.25, 0.3) is 0 Å². The lowest BCUT2D eigenvalue weighted by atomic mass is 10.2. The first-order valence-electron chi connectivity index (χ1n) is 5.72. The molecule has 18 heavy (non-hydrogen) atoms. The summed E-state index contributed by atoms with van der Waals surface area (Å²) in [6, 6.07) is 9.75. The van der Waals surface area contributed by atoms with Crippen molar-refractivity contribution in [3.8, 4) is 0 Å². The lowest BCUT2D eigenvalue weighted by Gasteiger charge is -2.17. The molecule has 1 saturated heterocycles. The van der Waals surface area contributed by atoms with Crippen molar-refractivity contribution >= 4 is 22.8 Å². The number of carbonyl (C=O) groups excluding carboxylic acids is 1. The maximum Gasteiger partial charge on any atom is 0.268 e. The van der Waals surface area contributed by atoms with E-state index in [0.717, 1.165) is 5.56 Å². The minimum atomic E-state index is -0.508. The van der Waals surface area contributed by atoms with Gasteiger partial charge in [-0.15, -0.1) is 0 Å². The SMILES string of the molecule is CN=C1SC(C)(C)C(=O)N1OCc1ccccc1. The van der Waals surface area contributed by atoms with E-state index in [1.807, 2.05) is 44.2 Å². The van der Waals surface area contributed by atoms with E-state index < -0.39 is 4.75 Å². The summed E-state index contributed by atoms with van der Waals surface area (Å²) in [5.74, 6) is -0.0657. The van der Waals surface area contributed by atoms with Crippen molar-refractivity contribution in [1.82, 2.24) is 5.06 Å². The molecule has 1 fully saturated rings. The summed E-state index contributed by atoms with van der Waals surface area (Å²) in [5, 5.41) is 1.92. The summed E-state index contributed by atoms with van der Waals surface area (Å²) in [7, 11) is 1.66. The quantitative estimate of drug-likeness (QED) is 0.842. The van der Waals surface area contributed by atoms with Gasteiger partial charge in [0.15, 0.2) is 5.17 Å². The Morgan fingerprint density at radius 2 is 2.00 bits per heavy atom. The lowest BCUT2D eigenvalue weighted by molar-refractivity contribution is -0.166. The molecule has 96 valence electrons. The fourth-order valence-electron chi connectivity index (χ4n) is 1.61. The molecule has 0 saturated carbocycles. The first kappa shape index (κ1) is 13.1. The van der Waals surface area contributed by atoms with Crippen molar-refractivity contribution in [2.45, 2.75) is 25.2 Å². The van der Waals surface area contributed by atoms with Gasteiger partial charge >= 0.3 is 0 Å². The average Bonchev–Trinajstić information content (AvgIpc) is 2.59. The predicted molar refractivity (Wildman–Crippen MR) is 73.1 cm³/mol. The zero-order valence-electron chi connectivity index (χ0n) is 10.7. The zero-order valence-corrected chi connectivity index (χ0v) is 11.5. The maximum absolute atomic E-state index is 12.1. The number of amides is 1. The standard InChI is InChI=1S/C13H16N2O2S/c1-13(2)11(16)15(12(14-3)18-13)17-9-10-7-5-4-6-8-10/h4-8H,9H2,1-3H3. The Morgan fingerprint density at radius 1 is 1.33 bits per heavy atom. The molecular weight excluding hydrogens is 248 g/mol. The number of aliphatic imine (C=N–C) groups is 1. The molecule has 0 unspecified atom stereocenters. The highest BCUT2D eigenvalue weighted by atomic mass is 32.2.